The molecular weight excluding hydrogens is 316 g/mol. The summed E-state index contributed by atoms with van der Waals surface area (Å²) < 4.78 is 0. The van der Waals surface area contributed by atoms with Crippen molar-refractivity contribution in [2.24, 2.45) is 0 Å². The van der Waals surface area contributed by atoms with Gasteiger partial charge in [0.15, 0.2) is 0 Å². The van der Waals surface area contributed by atoms with Crippen LogP contribution in [0.4, 0.5) is 0 Å². The Morgan fingerprint density at radius 3 is 2.18 bits per heavy atom. The molecule has 0 aliphatic heterocycles. The smallest absolute Gasteiger partial charge is 0.264 e. The molecular formula is C16H20N2O2S2. The van der Waals surface area contributed by atoms with Gasteiger partial charge in [-0.2, -0.15) is 0 Å². The van der Waals surface area contributed by atoms with Gasteiger partial charge in [0, 0.05) is 19.6 Å². The van der Waals surface area contributed by atoms with Gasteiger partial charge in [0.05, 0.1) is 9.75 Å². The van der Waals surface area contributed by atoms with E-state index in [0.717, 1.165) is 20.9 Å². The summed E-state index contributed by atoms with van der Waals surface area (Å²) in [6.07, 6.45) is 0. The minimum absolute atomic E-state index is 0.00144. The monoisotopic (exact) mass is 336 g/mol. The lowest BCUT2D eigenvalue weighted by Crippen LogP contribution is -2.43. The third kappa shape index (κ3) is 3.56. The van der Waals surface area contributed by atoms with Crippen LogP contribution in [0.15, 0.2) is 22.9 Å². The van der Waals surface area contributed by atoms with Crippen LogP contribution in [0.3, 0.4) is 0 Å². The van der Waals surface area contributed by atoms with E-state index in [4.69, 9.17) is 0 Å². The van der Waals surface area contributed by atoms with Crippen molar-refractivity contribution in [1.82, 2.24) is 10.2 Å². The molecule has 0 fully saturated rings. The Hall–Kier alpha value is -1.66. The number of nitrogens with zero attached hydrogens (tertiary/aromatic N) is 1. The van der Waals surface area contributed by atoms with E-state index in [1.165, 1.54) is 22.7 Å². The standard InChI is InChI=1S/C16H20N2O2S2/c1-10-5-7-21-13(10)15(19)17-9-12(3)18(4)16(20)14-11(2)6-8-22-14/h5-8,12H,9H2,1-4H3,(H,17,19). The second-order valence-corrected chi connectivity index (χ2v) is 7.17. The Morgan fingerprint density at radius 1 is 1.14 bits per heavy atom. The number of aryl methyl sites for hydroxylation is 2. The Kier molecular flexibility index (Phi) is 5.37. The lowest BCUT2D eigenvalue weighted by molar-refractivity contribution is 0.0735. The average molecular weight is 336 g/mol. The van der Waals surface area contributed by atoms with Crippen molar-refractivity contribution in [3.63, 3.8) is 0 Å². The van der Waals surface area contributed by atoms with Crippen LogP contribution in [0.5, 0.6) is 0 Å². The molecule has 1 N–H and O–H groups in total. The van der Waals surface area contributed by atoms with E-state index in [1.54, 1.807) is 11.9 Å². The Bertz CT molecular complexity index is 675. The minimum atomic E-state index is -0.0764. The van der Waals surface area contributed by atoms with Gasteiger partial charge in [-0.1, -0.05) is 0 Å². The van der Waals surface area contributed by atoms with Crippen LogP contribution >= 0.6 is 22.7 Å². The average Bonchev–Trinajstić information content (AvgIpc) is 3.11. The molecule has 22 heavy (non-hydrogen) atoms. The quantitative estimate of drug-likeness (QED) is 0.910. The SMILES string of the molecule is Cc1ccsc1C(=O)NCC(C)N(C)C(=O)c1sccc1C. The zero-order valence-electron chi connectivity index (χ0n) is 13.2. The number of hydrogen-bond donors (Lipinski definition) is 1. The third-order valence-electron chi connectivity index (χ3n) is 3.66. The molecule has 6 heteroatoms. The van der Waals surface area contributed by atoms with E-state index in [2.05, 4.69) is 5.32 Å². The van der Waals surface area contributed by atoms with Crippen molar-refractivity contribution < 1.29 is 9.59 Å². The maximum absolute atomic E-state index is 12.4. The molecule has 0 spiro atoms. The summed E-state index contributed by atoms with van der Waals surface area (Å²) in [5.41, 5.74) is 1.97. The molecule has 118 valence electrons. The second-order valence-electron chi connectivity index (χ2n) is 5.34. The largest absolute Gasteiger partial charge is 0.349 e. The van der Waals surface area contributed by atoms with Crippen LogP contribution in [0, 0.1) is 13.8 Å². The summed E-state index contributed by atoms with van der Waals surface area (Å²) >= 11 is 2.88. The van der Waals surface area contributed by atoms with E-state index >= 15 is 0 Å². The molecule has 0 aromatic carbocycles. The van der Waals surface area contributed by atoms with E-state index in [0.29, 0.717) is 6.54 Å². The second kappa shape index (κ2) is 7.07. The van der Waals surface area contributed by atoms with Gasteiger partial charge in [-0.3, -0.25) is 9.59 Å². The molecule has 0 saturated heterocycles. The van der Waals surface area contributed by atoms with E-state index in [-0.39, 0.29) is 17.9 Å². The van der Waals surface area contributed by atoms with E-state index in [9.17, 15) is 9.59 Å². The predicted octanol–water partition coefficient (Wildman–Crippen LogP) is 3.32. The molecule has 0 bridgehead atoms. The molecule has 0 aliphatic carbocycles. The van der Waals surface area contributed by atoms with Crippen LogP contribution < -0.4 is 5.32 Å². The lowest BCUT2D eigenvalue weighted by Gasteiger charge is -2.25. The zero-order valence-corrected chi connectivity index (χ0v) is 14.8. The highest BCUT2D eigenvalue weighted by Gasteiger charge is 2.21. The van der Waals surface area contributed by atoms with Crippen LogP contribution in [-0.4, -0.2) is 36.3 Å². The Balaban J connectivity index is 1.93. The minimum Gasteiger partial charge on any atom is -0.349 e. The number of carbonyl (C=O) groups excluding carboxylic acids is 2. The van der Waals surface area contributed by atoms with Gasteiger partial charge in [-0.05, 0) is 54.8 Å². The van der Waals surface area contributed by atoms with Crippen molar-refractivity contribution in [2.75, 3.05) is 13.6 Å². The van der Waals surface area contributed by atoms with Gasteiger partial charge in [0.1, 0.15) is 0 Å². The number of thiophene rings is 2. The number of amides is 2. The fourth-order valence-corrected chi connectivity index (χ4v) is 3.76. The molecule has 1 atom stereocenters. The summed E-state index contributed by atoms with van der Waals surface area (Å²) in [6, 6.07) is 3.80. The van der Waals surface area contributed by atoms with Gasteiger partial charge >= 0.3 is 0 Å². The molecule has 4 nitrogen and oxygen atoms in total. The van der Waals surface area contributed by atoms with Crippen molar-refractivity contribution in [2.45, 2.75) is 26.8 Å². The summed E-state index contributed by atoms with van der Waals surface area (Å²) in [5, 5.41) is 6.73. The van der Waals surface area contributed by atoms with Crippen LogP contribution in [0.25, 0.3) is 0 Å². The fourth-order valence-electron chi connectivity index (χ4n) is 2.02. The fraction of sp³-hybridized carbons (Fsp3) is 0.375. The normalized spacial score (nSPS) is 12.0. The highest BCUT2D eigenvalue weighted by atomic mass is 32.1. The summed E-state index contributed by atoms with van der Waals surface area (Å²) in [6.45, 7) is 6.22. The molecule has 2 heterocycles. The highest BCUT2D eigenvalue weighted by molar-refractivity contribution is 7.12. The molecule has 2 aromatic rings. The van der Waals surface area contributed by atoms with Gasteiger partial charge in [-0.15, -0.1) is 22.7 Å². The topological polar surface area (TPSA) is 49.4 Å². The van der Waals surface area contributed by atoms with Crippen LogP contribution in [0.1, 0.15) is 37.4 Å². The molecule has 0 radical (unpaired) electrons. The third-order valence-corrected chi connectivity index (χ3v) is 5.68. The summed E-state index contributed by atoms with van der Waals surface area (Å²) in [5.74, 6) is -0.0749. The first-order valence-corrected chi connectivity index (χ1v) is 8.81. The van der Waals surface area contributed by atoms with Crippen molar-refractivity contribution >= 4 is 34.5 Å². The zero-order chi connectivity index (χ0) is 16.3. The highest BCUT2D eigenvalue weighted by Crippen LogP contribution is 2.18. The Labute approximate surface area is 138 Å². The number of nitrogens with one attached hydrogen (secondary N) is 1. The predicted molar refractivity (Wildman–Crippen MR) is 92.0 cm³/mol. The maximum atomic E-state index is 12.4. The van der Waals surface area contributed by atoms with Gasteiger partial charge in [0.25, 0.3) is 11.8 Å². The van der Waals surface area contributed by atoms with Crippen molar-refractivity contribution in [3.8, 4) is 0 Å². The summed E-state index contributed by atoms with van der Waals surface area (Å²) in [7, 11) is 1.77. The van der Waals surface area contributed by atoms with E-state index in [1.807, 2.05) is 43.7 Å². The van der Waals surface area contributed by atoms with Crippen molar-refractivity contribution in [1.29, 1.82) is 0 Å². The van der Waals surface area contributed by atoms with Crippen LogP contribution in [-0.2, 0) is 0 Å². The molecule has 0 saturated carbocycles. The first-order chi connectivity index (χ1) is 10.4. The lowest BCUT2D eigenvalue weighted by atomic mass is 10.2. The Morgan fingerprint density at radius 2 is 1.68 bits per heavy atom. The van der Waals surface area contributed by atoms with Crippen LogP contribution in [0.2, 0.25) is 0 Å². The number of hydrogen-bond acceptors (Lipinski definition) is 4. The summed E-state index contributed by atoms with van der Waals surface area (Å²) in [4.78, 5) is 27.7. The van der Waals surface area contributed by atoms with E-state index < -0.39 is 0 Å². The molecule has 2 amide bonds. The van der Waals surface area contributed by atoms with Gasteiger partial charge < -0.3 is 10.2 Å². The number of rotatable bonds is 5. The number of carbonyl (C=O) groups is 2. The van der Waals surface area contributed by atoms with Crippen molar-refractivity contribution in [3.05, 3.63) is 43.8 Å². The molecule has 2 rings (SSSR count). The maximum Gasteiger partial charge on any atom is 0.264 e. The molecule has 2 aromatic heterocycles. The first-order valence-electron chi connectivity index (χ1n) is 7.05. The first kappa shape index (κ1) is 16.7. The van der Waals surface area contributed by atoms with Gasteiger partial charge in [-0.25, -0.2) is 0 Å². The van der Waals surface area contributed by atoms with Gasteiger partial charge in [0.2, 0.25) is 0 Å². The molecule has 1 unspecified atom stereocenters. The molecule has 0 aliphatic rings. The number of likely N-dealkylation sites (N-methyl/N-ethyl adjacent to an activating group) is 1.